The molecule has 0 heterocycles. The molecular formula is C16H16F2N2O4S. The van der Waals surface area contributed by atoms with Crippen molar-refractivity contribution in [3.63, 3.8) is 0 Å². The number of sulfone groups is 1. The first-order chi connectivity index (χ1) is 11.7. The van der Waals surface area contributed by atoms with Crippen LogP contribution in [0.15, 0.2) is 47.4 Å². The quantitative estimate of drug-likeness (QED) is 0.875. The zero-order valence-electron chi connectivity index (χ0n) is 13.4. The van der Waals surface area contributed by atoms with E-state index in [1.165, 1.54) is 13.2 Å². The fraction of sp³-hybridized carbons (Fsp3) is 0.188. The minimum atomic E-state index is -4.84. The molecule has 0 radical (unpaired) electrons. The Morgan fingerprint density at radius 3 is 2.24 bits per heavy atom. The van der Waals surface area contributed by atoms with Gasteiger partial charge in [0.1, 0.15) is 5.75 Å². The Balaban J connectivity index is 2.68. The number of nitrogens with two attached hydrogens (primary N) is 1. The first kappa shape index (κ1) is 18.7. The van der Waals surface area contributed by atoms with E-state index in [4.69, 9.17) is 10.5 Å². The molecule has 25 heavy (non-hydrogen) atoms. The largest absolute Gasteiger partial charge is 0.495 e. The van der Waals surface area contributed by atoms with Crippen LogP contribution in [0.5, 0.6) is 5.75 Å². The standard InChI is InChI=1S/C16H16F2N2O4S/c1-10-3-5-11(6-4-10)20(16(19)21)13-9-12(7-8-14(13)24-2)25(22,23)15(17)18/h3-9,15H,1-2H3,(H2,19,21). The zero-order chi connectivity index (χ0) is 18.8. The van der Waals surface area contributed by atoms with Crippen molar-refractivity contribution in [1.82, 2.24) is 0 Å². The summed E-state index contributed by atoms with van der Waals surface area (Å²) >= 11 is 0. The van der Waals surface area contributed by atoms with Gasteiger partial charge in [-0.1, -0.05) is 17.7 Å². The Kier molecular flexibility index (Phi) is 5.27. The summed E-state index contributed by atoms with van der Waals surface area (Å²) in [4.78, 5) is 12.3. The van der Waals surface area contributed by atoms with E-state index in [0.29, 0.717) is 5.69 Å². The van der Waals surface area contributed by atoms with Crippen LogP contribution in [0.1, 0.15) is 5.56 Å². The molecule has 0 fully saturated rings. The summed E-state index contributed by atoms with van der Waals surface area (Å²) in [6.07, 6.45) is 0. The summed E-state index contributed by atoms with van der Waals surface area (Å²) in [6, 6.07) is 8.81. The van der Waals surface area contributed by atoms with Gasteiger partial charge in [-0.3, -0.25) is 4.90 Å². The van der Waals surface area contributed by atoms with E-state index < -0.39 is 26.5 Å². The molecule has 2 amide bonds. The molecule has 0 spiro atoms. The second-order valence-electron chi connectivity index (χ2n) is 5.15. The summed E-state index contributed by atoms with van der Waals surface area (Å²) in [5.41, 5.74) is 6.62. The normalized spacial score (nSPS) is 11.4. The van der Waals surface area contributed by atoms with Crippen molar-refractivity contribution in [3.05, 3.63) is 48.0 Å². The number of halogens is 2. The maximum atomic E-state index is 12.8. The zero-order valence-corrected chi connectivity index (χ0v) is 14.3. The first-order valence-corrected chi connectivity index (χ1v) is 8.59. The summed E-state index contributed by atoms with van der Waals surface area (Å²) < 4.78 is 54.2. The van der Waals surface area contributed by atoms with Gasteiger partial charge in [0.15, 0.2) is 0 Å². The van der Waals surface area contributed by atoms with Gasteiger partial charge in [0, 0.05) is 0 Å². The third kappa shape index (κ3) is 3.71. The number of primary amides is 1. The second-order valence-corrected chi connectivity index (χ2v) is 7.07. The van der Waals surface area contributed by atoms with E-state index in [1.54, 1.807) is 24.3 Å². The Bertz CT molecular complexity index is 884. The lowest BCUT2D eigenvalue weighted by Gasteiger charge is -2.23. The molecule has 2 aromatic rings. The number of rotatable bonds is 5. The lowest BCUT2D eigenvalue weighted by Crippen LogP contribution is -2.32. The molecule has 2 aromatic carbocycles. The molecular weight excluding hydrogens is 354 g/mol. The number of methoxy groups -OCH3 is 1. The highest BCUT2D eigenvalue weighted by molar-refractivity contribution is 7.91. The van der Waals surface area contributed by atoms with E-state index in [1.807, 2.05) is 6.92 Å². The third-order valence-electron chi connectivity index (χ3n) is 3.47. The van der Waals surface area contributed by atoms with Crippen LogP contribution in [0.2, 0.25) is 0 Å². The molecule has 2 rings (SSSR count). The van der Waals surface area contributed by atoms with E-state index >= 15 is 0 Å². The number of aryl methyl sites for hydroxylation is 1. The summed E-state index contributed by atoms with van der Waals surface area (Å²) in [5.74, 6) is -3.48. The van der Waals surface area contributed by atoms with Crippen LogP contribution in [-0.2, 0) is 9.84 Å². The van der Waals surface area contributed by atoms with Gasteiger partial charge in [-0.25, -0.2) is 13.2 Å². The highest BCUT2D eigenvalue weighted by Crippen LogP contribution is 2.36. The van der Waals surface area contributed by atoms with Gasteiger partial charge in [-0.15, -0.1) is 0 Å². The van der Waals surface area contributed by atoms with E-state index in [0.717, 1.165) is 22.6 Å². The van der Waals surface area contributed by atoms with Crippen LogP contribution in [-0.4, -0.2) is 27.3 Å². The molecule has 134 valence electrons. The average molecular weight is 370 g/mol. The van der Waals surface area contributed by atoms with Gasteiger partial charge in [0.25, 0.3) is 0 Å². The topological polar surface area (TPSA) is 89.7 Å². The first-order valence-electron chi connectivity index (χ1n) is 7.04. The lowest BCUT2D eigenvalue weighted by atomic mass is 10.2. The molecule has 0 saturated heterocycles. The molecule has 0 aliphatic carbocycles. The molecule has 9 heteroatoms. The number of alkyl halides is 2. The van der Waals surface area contributed by atoms with Crippen LogP contribution < -0.4 is 15.4 Å². The van der Waals surface area contributed by atoms with Gasteiger partial charge in [0.05, 0.1) is 23.4 Å². The van der Waals surface area contributed by atoms with Gasteiger partial charge in [0.2, 0.25) is 9.84 Å². The number of anilines is 2. The molecule has 0 unspecified atom stereocenters. The number of nitrogens with zero attached hydrogens (tertiary/aromatic N) is 1. The van der Waals surface area contributed by atoms with Crippen LogP contribution in [0.3, 0.4) is 0 Å². The number of amides is 2. The second kappa shape index (κ2) is 7.06. The van der Waals surface area contributed by atoms with Crippen molar-refractivity contribution in [2.75, 3.05) is 12.0 Å². The van der Waals surface area contributed by atoms with E-state index in [9.17, 15) is 22.0 Å². The van der Waals surface area contributed by atoms with E-state index in [2.05, 4.69) is 0 Å². The highest BCUT2D eigenvalue weighted by atomic mass is 32.2. The molecule has 2 N–H and O–H groups in total. The number of hydrogen-bond donors (Lipinski definition) is 1. The fourth-order valence-electron chi connectivity index (χ4n) is 2.20. The maximum Gasteiger partial charge on any atom is 0.341 e. The maximum absolute atomic E-state index is 12.8. The summed E-state index contributed by atoms with van der Waals surface area (Å²) in [7, 11) is -3.54. The Hall–Kier alpha value is -2.68. The van der Waals surface area contributed by atoms with Gasteiger partial charge in [-0.2, -0.15) is 8.78 Å². The average Bonchev–Trinajstić information content (AvgIpc) is 2.56. The smallest absolute Gasteiger partial charge is 0.341 e. The monoisotopic (exact) mass is 370 g/mol. The lowest BCUT2D eigenvalue weighted by molar-refractivity contribution is 0.234. The Labute approximate surface area is 143 Å². The van der Waals surface area contributed by atoms with Crippen molar-refractivity contribution in [2.45, 2.75) is 17.6 Å². The Morgan fingerprint density at radius 2 is 1.76 bits per heavy atom. The SMILES string of the molecule is COc1ccc(S(=O)(=O)C(F)F)cc1N(C(N)=O)c1ccc(C)cc1. The van der Waals surface area contributed by atoms with Crippen LogP contribution in [0.25, 0.3) is 0 Å². The van der Waals surface area contributed by atoms with Crippen molar-refractivity contribution in [3.8, 4) is 5.75 Å². The molecule has 0 atom stereocenters. The van der Waals surface area contributed by atoms with Crippen molar-refractivity contribution in [2.24, 2.45) is 5.73 Å². The fourth-order valence-corrected chi connectivity index (χ4v) is 2.94. The van der Waals surface area contributed by atoms with Crippen LogP contribution in [0, 0.1) is 6.92 Å². The third-order valence-corrected chi connectivity index (χ3v) is 4.85. The predicted octanol–water partition coefficient (Wildman–Crippen LogP) is 3.22. The molecule has 0 aliphatic rings. The van der Waals surface area contributed by atoms with E-state index in [-0.39, 0.29) is 11.4 Å². The van der Waals surface area contributed by atoms with Gasteiger partial charge < -0.3 is 10.5 Å². The van der Waals surface area contributed by atoms with Crippen molar-refractivity contribution < 1.29 is 26.7 Å². The summed E-state index contributed by atoms with van der Waals surface area (Å²) in [5, 5.41) is 0. The molecule has 0 bridgehead atoms. The number of hydrogen-bond acceptors (Lipinski definition) is 4. The predicted molar refractivity (Wildman–Crippen MR) is 89.1 cm³/mol. The van der Waals surface area contributed by atoms with Gasteiger partial charge >= 0.3 is 11.8 Å². The Morgan fingerprint density at radius 1 is 1.16 bits per heavy atom. The molecule has 0 aromatic heterocycles. The van der Waals surface area contributed by atoms with Crippen molar-refractivity contribution >= 4 is 27.2 Å². The number of urea groups is 1. The number of ether oxygens (including phenoxy) is 1. The number of benzene rings is 2. The van der Waals surface area contributed by atoms with Crippen LogP contribution in [0.4, 0.5) is 25.0 Å². The minimum Gasteiger partial charge on any atom is -0.495 e. The molecule has 6 nitrogen and oxygen atoms in total. The molecule has 0 aliphatic heterocycles. The number of carbonyl (C=O) groups is 1. The summed E-state index contributed by atoms with van der Waals surface area (Å²) in [6.45, 7) is 1.84. The minimum absolute atomic E-state index is 0.0550. The van der Waals surface area contributed by atoms with Crippen LogP contribution >= 0.6 is 0 Å². The van der Waals surface area contributed by atoms with Gasteiger partial charge in [-0.05, 0) is 37.3 Å². The molecule has 0 saturated carbocycles. The highest BCUT2D eigenvalue weighted by Gasteiger charge is 2.29. The van der Waals surface area contributed by atoms with Crippen molar-refractivity contribution in [1.29, 1.82) is 0 Å². The number of carbonyl (C=O) groups excluding carboxylic acids is 1.